The van der Waals surface area contributed by atoms with Crippen molar-refractivity contribution in [3.63, 3.8) is 0 Å². The molecule has 2 heterocycles. The van der Waals surface area contributed by atoms with E-state index in [-0.39, 0.29) is 6.04 Å². The van der Waals surface area contributed by atoms with E-state index in [4.69, 9.17) is 0 Å². The van der Waals surface area contributed by atoms with Crippen LogP contribution in [0.2, 0.25) is 0 Å². The van der Waals surface area contributed by atoms with Gasteiger partial charge in [0.05, 0.1) is 17.5 Å². The lowest BCUT2D eigenvalue weighted by Crippen LogP contribution is -2.23. The normalized spacial score (nSPS) is 16.9. The summed E-state index contributed by atoms with van der Waals surface area (Å²) >= 11 is 0. The second-order valence-electron chi connectivity index (χ2n) is 4.51. The molecule has 0 amide bonds. The molecule has 1 N–H and O–H groups in total. The van der Waals surface area contributed by atoms with Crippen LogP contribution in [0.3, 0.4) is 0 Å². The fourth-order valence-electron chi connectivity index (χ4n) is 2.14. The van der Waals surface area contributed by atoms with E-state index in [2.05, 4.69) is 16.4 Å². The summed E-state index contributed by atoms with van der Waals surface area (Å²) in [5, 5.41) is 12.7. The maximum Gasteiger partial charge on any atom is 0.138 e. The highest BCUT2D eigenvalue weighted by Crippen LogP contribution is 2.26. The molecule has 1 atom stereocenters. The zero-order valence-corrected chi connectivity index (χ0v) is 9.72. The van der Waals surface area contributed by atoms with Crippen molar-refractivity contribution in [1.29, 1.82) is 5.26 Å². The van der Waals surface area contributed by atoms with E-state index in [1.165, 1.54) is 12.8 Å². The van der Waals surface area contributed by atoms with E-state index in [9.17, 15) is 5.26 Å². The van der Waals surface area contributed by atoms with Crippen molar-refractivity contribution in [2.45, 2.75) is 31.8 Å². The first kappa shape index (κ1) is 10.3. The molecular formula is C13H14N4. The monoisotopic (exact) mass is 226 g/mol. The summed E-state index contributed by atoms with van der Waals surface area (Å²) in [6.45, 7) is 1.96. The molecule has 17 heavy (non-hydrogen) atoms. The molecule has 1 aliphatic rings. The molecule has 0 aliphatic heterocycles. The fraction of sp³-hybridized carbons (Fsp3) is 0.385. The number of fused-ring (bicyclic) bond motifs is 1. The van der Waals surface area contributed by atoms with Gasteiger partial charge in [0.2, 0.25) is 0 Å². The fourth-order valence-corrected chi connectivity index (χ4v) is 2.14. The highest BCUT2D eigenvalue weighted by molar-refractivity contribution is 5.44. The van der Waals surface area contributed by atoms with Gasteiger partial charge in [-0.15, -0.1) is 0 Å². The molecule has 0 spiro atoms. The van der Waals surface area contributed by atoms with Gasteiger partial charge in [-0.05, 0) is 31.9 Å². The van der Waals surface area contributed by atoms with Gasteiger partial charge in [0.15, 0.2) is 0 Å². The maximum atomic E-state index is 9.30. The van der Waals surface area contributed by atoms with Gasteiger partial charge in [-0.3, -0.25) is 5.32 Å². The lowest BCUT2D eigenvalue weighted by Gasteiger charge is -2.11. The summed E-state index contributed by atoms with van der Waals surface area (Å²) in [7, 11) is 0. The molecule has 0 radical (unpaired) electrons. The molecule has 0 aromatic carbocycles. The number of hydrogen-bond donors (Lipinski definition) is 1. The highest BCUT2D eigenvalue weighted by Gasteiger charge is 2.27. The molecule has 1 aliphatic carbocycles. The van der Waals surface area contributed by atoms with Crippen LogP contribution in [-0.2, 0) is 0 Å². The average Bonchev–Trinajstić information content (AvgIpc) is 3.08. The van der Waals surface area contributed by atoms with Crippen molar-refractivity contribution in [2.24, 2.45) is 0 Å². The van der Waals surface area contributed by atoms with Crippen molar-refractivity contribution >= 4 is 5.65 Å². The first-order valence-corrected chi connectivity index (χ1v) is 5.89. The number of nitrogens with zero attached hydrogens (tertiary/aromatic N) is 3. The number of nitrogens with one attached hydrogen (secondary N) is 1. The molecule has 4 nitrogen and oxygen atoms in total. The van der Waals surface area contributed by atoms with E-state index in [1.54, 1.807) is 0 Å². The summed E-state index contributed by atoms with van der Waals surface area (Å²) < 4.78 is 2.00. The van der Waals surface area contributed by atoms with Gasteiger partial charge in [0, 0.05) is 12.2 Å². The van der Waals surface area contributed by atoms with Crippen LogP contribution in [0.25, 0.3) is 5.65 Å². The van der Waals surface area contributed by atoms with Crippen molar-refractivity contribution in [1.82, 2.24) is 14.7 Å². The first-order chi connectivity index (χ1) is 8.29. The number of aromatic nitrogens is 2. The summed E-state index contributed by atoms with van der Waals surface area (Å²) in [5.74, 6) is 0. The first-order valence-electron chi connectivity index (χ1n) is 5.89. The van der Waals surface area contributed by atoms with Crippen LogP contribution in [-0.4, -0.2) is 15.4 Å². The third-order valence-corrected chi connectivity index (χ3v) is 3.13. The molecule has 2 aromatic heterocycles. The Balaban J connectivity index is 2.07. The van der Waals surface area contributed by atoms with Gasteiger partial charge in [-0.25, -0.2) is 4.98 Å². The van der Waals surface area contributed by atoms with E-state index >= 15 is 0 Å². The van der Waals surface area contributed by atoms with Crippen LogP contribution in [0, 0.1) is 18.3 Å². The highest BCUT2D eigenvalue weighted by atomic mass is 15.1. The van der Waals surface area contributed by atoms with Gasteiger partial charge in [0.1, 0.15) is 11.7 Å². The minimum Gasteiger partial charge on any atom is -0.301 e. The molecule has 1 fully saturated rings. The molecule has 4 heteroatoms. The number of pyridine rings is 1. The third kappa shape index (κ3) is 1.79. The SMILES string of the molecule is Cc1nc2ccccn2c1C(C#N)NC1CC1. The number of nitriles is 1. The standard InChI is InChI=1S/C13H14N4/c1-9-13(11(8-14)16-10-5-6-10)17-7-3-2-4-12(17)15-9/h2-4,7,10-11,16H,5-6H2,1H3. The molecule has 86 valence electrons. The zero-order valence-electron chi connectivity index (χ0n) is 9.72. The van der Waals surface area contributed by atoms with Crippen LogP contribution >= 0.6 is 0 Å². The molecule has 0 bridgehead atoms. The average molecular weight is 226 g/mol. The largest absolute Gasteiger partial charge is 0.301 e. The number of imidazole rings is 1. The van der Waals surface area contributed by atoms with Crippen molar-refractivity contribution in [2.75, 3.05) is 0 Å². The minimum atomic E-state index is -0.264. The lowest BCUT2D eigenvalue weighted by molar-refractivity contribution is 0.606. The molecule has 1 unspecified atom stereocenters. The molecule has 0 saturated heterocycles. The van der Waals surface area contributed by atoms with Crippen LogP contribution in [0.15, 0.2) is 24.4 Å². The number of rotatable bonds is 3. The smallest absolute Gasteiger partial charge is 0.138 e. The number of aryl methyl sites for hydroxylation is 1. The van der Waals surface area contributed by atoms with E-state index in [1.807, 2.05) is 35.7 Å². The second-order valence-corrected chi connectivity index (χ2v) is 4.51. The van der Waals surface area contributed by atoms with Crippen LogP contribution in [0.4, 0.5) is 0 Å². The summed E-state index contributed by atoms with van der Waals surface area (Å²) in [6, 6.07) is 8.46. The Morgan fingerprint density at radius 1 is 1.53 bits per heavy atom. The number of hydrogen-bond acceptors (Lipinski definition) is 3. The minimum absolute atomic E-state index is 0.264. The van der Waals surface area contributed by atoms with E-state index in [0.29, 0.717) is 6.04 Å². The zero-order chi connectivity index (χ0) is 11.8. The van der Waals surface area contributed by atoms with E-state index < -0.39 is 0 Å². The van der Waals surface area contributed by atoms with Gasteiger partial charge < -0.3 is 4.40 Å². The second kappa shape index (κ2) is 3.86. The Hall–Kier alpha value is -1.86. The Morgan fingerprint density at radius 3 is 3.06 bits per heavy atom. The lowest BCUT2D eigenvalue weighted by atomic mass is 10.2. The molecule has 3 rings (SSSR count). The van der Waals surface area contributed by atoms with Gasteiger partial charge in [-0.2, -0.15) is 5.26 Å². The summed E-state index contributed by atoms with van der Waals surface area (Å²) in [5.41, 5.74) is 2.80. The van der Waals surface area contributed by atoms with Crippen molar-refractivity contribution in [3.05, 3.63) is 35.8 Å². The molecular weight excluding hydrogens is 212 g/mol. The van der Waals surface area contributed by atoms with Gasteiger partial charge >= 0.3 is 0 Å². The van der Waals surface area contributed by atoms with Crippen LogP contribution in [0.1, 0.15) is 30.3 Å². The van der Waals surface area contributed by atoms with Gasteiger partial charge in [-0.1, -0.05) is 6.07 Å². The Morgan fingerprint density at radius 2 is 2.35 bits per heavy atom. The van der Waals surface area contributed by atoms with Crippen LogP contribution < -0.4 is 5.32 Å². The predicted octanol–water partition coefficient (Wildman–Crippen LogP) is 1.96. The molecule has 2 aromatic rings. The summed E-state index contributed by atoms with van der Waals surface area (Å²) in [4.78, 5) is 4.48. The predicted molar refractivity (Wildman–Crippen MR) is 64.4 cm³/mol. The van der Waals surface area contributed by atoms with E-state index in [0.717, 1.165) is 17.0 Å². The van der Waals surface area contributed by atoms with Gasteiger partial charge in [0.25, 0.3) is 0 Å². The Bertz CT molecular complexity index is 589. The molecule has 1 saturated carbocycles. The summed E-state index contributed by atoms with van der Waals surface area (Å²) in [6.07, 6.45) is 4.31. The third-order valence-electron chi connectivity index (χ3n) is 3.13. The van der Waals surface area contributed by atoms with Crippen LogP contribution in [0.5, 0.6) is 0 Å². The topological polar surface area (TPSA) is 53.1 Å². The Labute approximate surface area is 99.9 Å². The Kier molecular flexibility index (Phi) is 2.34. The van der Waals surface area contributed by atoms with Crippen molar-refractivity contribution in [3.8, 4) is 6.07 Å². The quantitative estimate of drug-likeness (QED) is 0.870. The maximum absolute atomic E-state index is 9.30. The van der Waals surface area contributed by atoms with Crippen molar-refractivity contribution < 1.29 is 0 Å².